The van der Waals surface area contributed by atoms with Gasteiger partial charge in [-0.15, -0.1) is 0 Å². The summed E-state index contributed by atoms with van der Waals surface area (Å²) >= 11 is 1.87. The molecule has 0 heterocycles. The standard InChI is InChI=1S/C16H25NS/c1-18-12-11-16(17)15-9-7-14(8-10-15)13-5-3-2-4-6-13/h7-10,13,16H,2-6,11-12,17H2,1H3. The van der Waals surface area contributed by atoms with Gasteiger partial charge in [-0.1, -0.05) is 43.5 Å². The first-order valence-electron chi connectivity index (χ1n) is 7.15. The minimum atomic E-state index is 0.206. The highest BCUT2D eigenvalue weighted by Crippen LogP contribution is 2.33. The van der Waals surface area contributed by atoms with E-state index in [1.165, 1.54) is 43.2 Å². The average Bonchev–Trinajstić information content (AvgIpc) is 2.46. The SMILES string of the molecule is CSCCC(N)c1ccc(C2CCCCC2)cc1. The molecular weight excluding hydrogens is 238 g/mol. The van der Waals surface area contributed by atoms with Crippen LogP contribution in [0.5, 0.6) is 0 Å². The van der Waals surface area contributed by atoms with E-state index in [2.05, 4.69) is 30.5 Å². The summed E-state index contributed by atoms with van der Waals surface area (Å²) in [6, 6.07) is 9.32. The van der Waals surface area contributed by atoms with E-state index in [0.29, 0.717) is 0 Å². The molecule has 0 amide bonds. The molecule has 1 fully saturated rings. The minimum Gasteiger partial charge on any atom is -0.324 e. The van der Waals surface area contributed by atoms with Crippen molar-refractivity contribution < 1.29 is 0 Å². The van der Waals surface area contributed by atoms with E-state index >= 15 is 0 Å². The van der Waals surface area contributed by atoms with Gasteiger partial charge in [0.1, 0.15) is 0 Å². The van der Waals surface area contributed by atoms with Gasteiger partial charge in [-0.2, -0.15) is 11.8 Å². The molecule has 100 valence electrons. The number of thioether (sulfide) groups is 1. The van der Waals surface area contributed by atoms with Crippen molar-refractivity contribution in [3.05, 3.63) is 35.4 Å². The van der Waals surface area contributed by atoms with Crippen LogP contribution in [0.4, 0.5) is 0 Å². The molecule has 0 bridgehead atoms. The van der Waals surface area contributed by atoms with Crippen molar-refractivity contribution in [2.75, 3.05) is 12.0 Å². The molecular formula is C16H25NS. The van der Waals surface area contributed by atoms with Crippen molar-refractivity contribution >= 4 is 11.8 Å². The third kappa shape index (κ3) is 3.76. The van der Waals surface area contributed by atoms with E-state index in [9.17, 15) is 0 Å². The molecule has 1 unspecified atom stereocenters. The first kappa shape index (κ1) is 14.0. The number of hydrogen-bond donors (Lipinski definition) is 1. The lowest BCUT2D eigenvalue weighted by Gasteiger charge is -2.22. The molecule has 0 saturated heterocycles. The van der Waals surface area contributed by atoms with Crippen LogP contribution >= 0.6 is 11.8 Å². The van der Waals surface area contributed by atoms with Crippen molar-refractivity contribution in [2.24, 2.45) is 5.73 Å². The lowest BCUT2D eigenvalue weighted by Crippen LogP contribution is -2.11. The number of nitrogens with two attached hydrogens (primary N) is 1. The van der Waals surface area contributed by atoms with Crippen LogP contribution in [0.15, 0.2) is 24.3 Å². The maximum Gasteiger partial charge on any atom is 0.0302 e. The predicted octanol–water partition coefficient (Wildman–Crippen LogP) is 4.49. The molecule has 0 spiro atoms. The third-order valence-corrected chi connectivity index (χ3v) is 4.72. The first-order chi connectivity index (χ1) is 8.81. The summed E-state index contributed by atoms with van der Waals surface area (Å²) in [7, 11) is 0. The third-order valence-electron chi connectivity index (χ3n) is 4.07. The van der Waals surface area contributed by atoms with Gasteiger partial charge in [0.05, 0.1) is 0 Å². The lowest BCUT2D eigenvalue weighted by molar-refractivity contribution is 0.443. The fraction of sp³-hybridized carbons (Fsp3) is 0.625. The Morgan fingerprint density at radius 2 is 1.83 bits per heavy atom. The van der Waals surface area contributed by atoms with E-state index in [-0.39, 0.29) is 6.04 Å². The zero-order valence-electron chi connectivity index (χ0n) is 11.4. The Bertz CT molecular complexity index is 341. The minimum absolute atomic E-state index is 0.206. The van der Waals surface area contributed by atoms with Crippen LogP contribution in [0.1, 0.15) is 61.6 Å². The topological polar surface area (TPSA) is 26.0 Å². The molecule has 1 atom stereocenters. The fourth-order valence-electron chi connectivity index (χ4n) is 2.86. The fourth-order valence-corrected chi connectivity index (χ4v) is 3.35. The monoisotopic (exact) mass is 263 g/mol. The second-order valence-electron chi connectivity index (χ2n) is 5.39. The zero-order valence-corrected chi connectivity index (χ0v) is 12.2. The van der Waals surface area contributed by atoms with E-state index in [1.54, 1.807) is 0 Å². The van der Waals surface area contributed by atoms with Gasteiger partial charge in [-0.3, -0.25) is 0 Å². The summed E-state index contributed by atoms with van der Waals surface area (Å²) in [5, 5.41) is 0. The molecule has 1 saturated carbocycles. The van der Waals surface area contributed by atoms with Crippen molar-refractivity contribution in [2.45, 2.75) is 50.5 Å². The van der Waals surface area contributed by atoms with E-state index in [4.69, 9.17) is 5.73 Å². The summed E-state index contributed by atoms with van der Waals surface area (Å²) in [6.07, 6.45) is 10.2. The first-order valence-corrected chi connectivity index (χ1v) is 8.55. The summed E-state index contributed by atoms with van der Waals surface area (Å²) in [5.74, 6) is 1.95. The molecule has 1 aliphatic rings. The molecule has 1 aromatic carbocycles. The zero-order chi connectivity index (χ0) is 12.8. The number of hydrogen-bond acceptors (Lipinski definition) is 2. The lowest BCUT2D eigenvalue weighted by atomic mass is 9.83. The molecule has 0 aromatic heterocycles. The second kappa shape index (κ2) is 7.20. The van der Waals surface area contributed by atoms with Gasteiger partial charge in [0.15, 0.2) is 0 Å². The summed E-state index contributed by atoms with van der Waals surface area (Å²) in [5.41, 5.74) is 9.01. The molecule has 0 radical (unpaired) electrons. The highest BCUT2D eigenvalue weighted by molar-refractivity contribution is 7.98. The Hall–Kier alpha value is -0.470. The van der Waals surface area contributed by atoms with E-state index in [1.807, 2.05) is 11.8 Å². The van der Waals surface area contributed by atoms with Crippen molar-refractivity contribution in [1.29, 1.82) is 0 Å². The highest BCUT2D eigenvalue weighted by Gasteiger charge is 2.15. The Morgan fingerprint density at radius 1 is 1.17 bits per heavy atom. The normalized spacial score (nSPS) is 18.8. The van der Waals surface area contributed by atoms with Crippen LogP contribution in [0.3, 0.4) is 0 Å². The van der Waals surface area contributed by atoms with Gasteiger partial charge in [0.25, 0.3) is 0 Å². The second-order valence-corrected chi connectivity index (χ2v) is 6.38. The molecule has 0 aliphatic heterocycles. The van der Waals surface area contributed by atoms with Crippen LogP contribution in [0.25, 0.3) is 0 Å². The largest absolute Gasteiger partial charge is 0.324 e. The molecule has 1 aromatic rings. The van der Waals surface area contributed by atoms with Gasteiger partial charge in [0, 0.05) is 6.04 Å². The van der Waals surface area contributed by atoms with Gasteiger partial charge < -0.3 is 5.73 Å². The van der Waals surface area contributed by atoms with Crippen molar-refractivity contribution in [1.82, 2.24) is 0 Å². The van der Waals surface area contributed by atoms with Crippen LogP contribution in [-0.2, 0) is 0 Å². The Labute approximate surface area is 116 Å². The maximum absolute atomic E-state index is 6.20. The number of benzene rings is 1. The summed E-state index contributed by atoms with van der Waals surface area (Å²) in [6.45, 7) is 0. The van der Waals surface area contributed by atoms with Gasteiger partial charge in [-0.25, -0.2) is 0 Å². The number of rotatable bonds is 5. The highest BCUT2D eigenvalue weighted by atomic mass is 32.2. The predicted molar refractivity (Wildman–Crippen MR) is 82.2 cm³/mol. The Morgan fingerprint density at radius 3 is 2.44 bits per heavy atom. The maximum atomic E-state index is 6.20. The van der Waals surface area contributed by atoms with Gasteiger partial charge in [-0.05, 0) is 48.3 Å². The van der Waals surface area contributed by atoms with E-state index in [0.717, 1.165) is 18.1 Å². The molecule has 2 N–H and O–H groups in total. The summed E-state index contributed by atoms with van der Waals surface area (Å²) < 4.78 is 0. The van der Waals surface area contributed by atoms with Crippen molar-refractivity contribution in [3.63, 3.8) is 0 Å². The summed E-state index contributed by atoms with van der Waals surface area (Å²) in [4.78, 5) is 0. The quantitative estimate of drug-likeness (QED) is 0.847. The van der Waals surface area contributed by atoms with Crippen LogP contribution in [-0.4, -0.2) is 12.0 Å². The molecule has 1 nitrogen and oxygen atoms in total. The molecule has 18 heavy (non-hydrogen) atoms. The Balaban J connectivity index is 1.95. The smallest absolute Gasteiger partial charge is 0.0302 e. The van der Waals surface area contributed by atoms with E-state index < -0.39 is 0 Å². The Kier molecular flexibility index (Phi) is 5.58. The van der Waals surface area contributed by atoms with Crippen molar-refractivity contribution in [3.8, 4) is 0 Å². The molecule has 2 rings (SSSR count). The van der Waals surface area contributed by atoms with Gasteiger partial charge >= 0.3 is 0 Å². The van der Waals surface area contributed by atoms with Crippen LogP contribution < -0.4 is 5.73 Å². The molecule has 2 heteroatoms. The molecule has 1 aliphatic carbocycles. The van der Waals surface area contributed by atoms with Crippen LogP contribution in [0.2, 0.25) is 0 Å². The van der Waals surface area contributed by atoms with Crippen LogP contribution in [0, 0.1) is 0 Å². The average molecular weight is 263 g/mol. The van der Waals surface area contributed by atoms with Gasteiger partial charge in [0.2, 0.25) is 0 Å².